The number of hydrogen-bond donors (Lipinski definition) is 3. The van der Waals surface area contributed by atoms with Crippen molar-refractivity contribution >= 4 is 29.9 Å². The van der Waals surface area contributed by atoms with E-state index >= 15 is 0 Å². The number of aliphatic hydroxyl groups is 1. The van der Waals surface area contributed by atoms with E-state index in [1.54, 1.807) is 29.4 Å². The highest BCUT2D eigenvalue weighted by Gasteiger charge is 2.34. The molecule has 0 spiro atoms. The Morgan fingerprint density at radius 3 is 2.90 bits per heavy atom. The fraction of sp³-hybridized carbons (Fsp3) is 0.500. The summed E-state index contributed by atoms with van der Waals surface area (Å²) in [6.07, 6.45) is 6.50. The third-order valence-electron chi connectivity index (χ3n) is 5.02. The second-order valence-corrected chi connectivity index (χ2v) is 7.08. The first-order valence-corrected chi connectivity index (χ1v) is 9.63. The zero-order valence-electron chi connectivity index (χ0n) is 16.6. The summed E-state index contributed by atoms with van der Waals surface area (Å²) in [5.74, 6) is 0.361. The molecule has 3 N–H and O–H groups in total. The maximum absolute atomic E-state index is 14.4. The van der Waals surface area contributed by atoms with E-state index in [4.69, 9.17) is 4.74 Å². The van der Waals surface area contributed by atoms with Gasteiger partial charge in [0.15, 0.2) is 5.96 Å². The van der Waals surface area contributed by atoms with Gasteiger partial charge >= 0.3 is 0 Å². The van der Waals surface area contributed by atoms with E-state index in [9.17, 15) is 9.50 Å². The van der Waals surface area contributed by atoms with Gasteiger partial charge in [-0.15, -0.1) is 24.0 Å². The lowest BCUT2D eigenvalue weighted by atomic mass is 9.84. The molecule has 9 heteroatoms. The quantitative estimate of drug-likeness (QED) is 0.285. The van der Waals surface area contributed by atoms with Crippen molar-refractivity contribution in [3.63, 3.8) is 0 Å². The van der Waals surface area contributed by atoms with Gasteiger partial charge in [0.2, 0.25) is 0 Å². The van der Waals surface area contributed by atoms with E-state index in [1.807, 2.05) is 13.0 Å². The summed E-state index contributed by atoms with van der Waals surface area (Å²) in [4.78, 5) is 8.52. The first kappa shape index (κ1) is 23.6. The predicted octanol–water partition coefficient (Wildman–Crippen LogP) is 2.47. The van der Waals surface area contributed by atoms with Gasteiger partial charge in [0.05, 0.1) is 25.2 Å². The smallest absolute Gasteiger partial charge is 0.191 e. The summed E-state index contributed by atoms with van der Waals surface area (Å²) < 4.78 is 21.6. The van der Waals surface area contributed by atoms with Gasteiger partial charge in [-0.3, -0.25) is 0 Å². The van der Waals surface area contributed by atoms with Gasteiger partial charge < -0.3 is 25.0 Å². The number of ether oxygens (including phenoxy) is 1. The van der Waals surface area contributed by atoms with E-state index in [0.29, 0.717) is 37.8 Å². The summed E-state index contributed by atoms with van der Waals surface area (Å²) >= 11 is 0. The zero-order chi connectivity index (χ0) is 19.8. The van der Waals surface area contributed by atoms with Gasteiger partial charge in [0.1, 0.15) is 5.82 Å². The van der Waals surface area contributed by atoms with Crippen LogP contribution >= 0.6 is 24.0 Å². The topological polar surface area (TPSA) is 83.7 Å². The average molecular weight is 517 g/mol. The largest absolute Gasteiger partial charge is 0.396 e. The molecule has 0 aliphatic carbocycles. The zero-order valence-corrected chi connectivity index (χ0v) is 18.9. The number of benzene rings is 1. The molecule has 29 heavy (non-hydrogen) atoms. The molecule has 2 heterocycles. The van der Waals surface area contributed by atoms with Crippen molar-refractivity contribution in [2.24, 2.45) is 10.4 Å². The molecule has 1 aliphatic rings. The molecular weight excluding hydrogens is 488 g/mol. The van der Waals surface area contributed by atoms with Crippen LogP contribution in [-0.2, 0) is 11.3 Å². The van der Waals surface area contributed by atoms with Crippen molar-refractivity contribution in [2.75, 3.05) is 32.9 Å². The van der Waals surface area contributed by atoms with Crippen LogP contribution in [0.15, 0.2) is 41.9 Å². The van der Waals surface area contributed by atoms with Crippen molar-refractivity contribution in [2.45, 2.75) is 26.3 Å². The van der Waals surface area contributed by atoms with Crippen LogP contribution in [0, 0.1) is 11.2 Å². The van der Waals surface area contributed by atoms with Crippen molar-refractivity contribution in [1.29, 1.82) is 0 Å². The van der Waals surface area contributed by atoms with Crippen LogP contribution in [0.25, 0.3) is 5.69 Å². The standard InChI is InChI=1S/C20H28FN5O2.HI/c1-2-23-19(25-13-20(5-9-27)6-10-28-14-20)24-12-16-3-4-18(17(21)11-16)26-8-7-22-15-26;/h3-4,7-8,11,15,27H,2,5-6,9-10,12-14H2,1H3,(H2,23,24,25);1H. The van der Waals surface area contributed by atoms with Crippen molar-refractivity contribution in [1.82, 2.24) is 20.2 Å². The molecule has 1 fully saturated rings. The SMILES string of the molecule is CCNC(=NCc1ccc(-n2ccnc2)c(F)c1)NCC1(CCO)CCOC1.I. The number of aromatic nitrogens is 2. The molecule has 0 radical (unpaired) electrons. The van der Waals surface area contributed by atoms with Gasteiger partial charge in [-0.2, -0.15) is 0 Å². The van der Waals surface area contributed by atoms with Gasteiger partial charge in [0, 0.05) is 44.1 Å². The number of hydrogen-bond acceptors (Lipinski definition) is 4. The first-order chi connectivity index (χ1) is 13.7. The van der Waals surface area contributed by atoms with Crippen molar-refractivity contribution < 1.29 is 14.2 Å². The van der Waals surface area contributed by atoms with E-state index in [2.05, 4.69) is 20.6 Å². The van der Waals surface area contributed by atoms with E-state index in [1.165, 1.54) is 6.07 Å². The highest BCUT2D eigenvalue weighted by atomic mass is 127. The van der Waals surface area contributed by atoms with E-state index in [-0.39, 0.29) is 41.8 Å². The summed E-state index contributed by atoms with van der Waals surface area (Å²) in [6, 6.07) is 5.10. The Labute approximate surface area is 187 Å². The fourth-order valence-corrected chi connectivity index (χ4v) is 3.35. The molecule has 160 valence electrons. The summed E-state index contributed by atoms with van der Waals surface area (Å²) in [7, 11) is 0. The van der Waals surface area contributed by atoms with Crippen molar-refractivity contribution in [3.8, 4) is 5.69 Å². The van der Waals surface area contributed by atoms with Crippen molar-refractivity contribution in [3.05, 3.63) is 48.3 Å². The maximum Gasteiger partial charge on any atom is 0.191 e. The van der Waals surface area contributed by atoms with E-state index < -0.39 is 0 Å². The van der Waals surface area contributed by atoms with Crippen LogP contribution in [0.1, 0.15) is 25.3 Å². The molecule has 7 nitrogen and oxygen atoms in total. The fourth-order valence-electron chi connectivity index (χ4n) is 3.35. The predicted molar refractivity (Wildman–Crippen MR) is 121 cm³/mol. The van der Waals surface area contributed by atoms with Gasteiger partial charge in [-0.25, -0.2) is 14.4 Å². The van der Waals surface area contributed by atoms with Crippen LogP contribution in [0.5, 0.6) is 0 Å². The minimum Gasteiger partial charge on any atom is -0.396 e. The number of aliphatic hydroxyl groups excluding tert-OH is 1. The third kappa shape index (κ3) is 6.38. The summed E-state index contributed by atoms with van der Waals surface area (Å²) in [6.45, 7) is 5.26. The summed E-state index contributed by atoms with van der Waals surface area (Å²) in [5, 5.41) is 15.9. The van der Waals surface area contributed by atoms with Crippen LogP contribution in [0.3, 0.4) is 0 Å². The van der Waals surface area contributed by atoms with E-state index in [0.717, 1.165) is 25.1 Å². The Balaban J connectivity index is 0.00000300. The van der Waals surface area contributed by atoms with Crippen LogP contribution in [0.4, 0.5) is 4.39 Å². The lowest BCUT2D eigenvalue weighted by Gasteiger charge is -2.27. The Morgan fingerprint density at radius 2 is 2.28 bits per heavy atom. The molecule has 1 aromatic heterocycles. The third-order valence-corrected chi connectivity index (χ3v) is 5.02. The lowest BCUT2D eigenvalue weighted by molar-refractivity contribution is 0.127. The molecule has 1 aliphatic heterocycles. The molecule has 3 rings (SSSR count). The Morgan fingerprint density at radius 1 is 1.41 bits per heavy atom. The molecular formula is C20H29FIN5O2. The monoisotopic (exact) mass is 517 g/mol. The van der Waals surface area contributed by atoms with Crippen LogP contribution in [0.2, 0.25) is 0 Å². The number of guanidine groups is 1. The molecule has 0 bridgehead atoms. The molecule has 1 saturated heterocycles. The molecule has 2 aromatic rings. The minimum atomic E-state index is -0.311. The normalized spacial score (nSPS) is 19.1. The second kappa shape index (κ2) is 11.5. The Kier molecular flexibility index (Phi) is 9.31. The molecule has 0 saturated carbocycles. The Hall–Kier alpha value is -1.72. The number of nitrogens with zero attached hydrogens (tertiary/aromatic N) is 3. The van der Waals surface area contributed by atoms with Gasteiger partial charge in [-0.1, -0.05) is 6.07 Å². The maximum atomic E-state index is 14.4. The number of rotatable bonds is 8. The second-order valence-electron chi connectivity index (χ2n) is 7.08. The van der Waals surface area contributed by atoms with Gasteiger partial charge in [0.25, 0.3) is 0 Å². The van der Waals surface area contributed by atoms with Crippen LogP contribution < -0.4 is 10.6 Å². The number of halogens is 2. The number of aliphatic imine (C=N–C) groups is 1. The molecule has 1 aromatic carbocycles. The highest BCUT2D eigenvalue weighted by molar-refractivity contribution is 14.0. The van der Waals surface area contributed by atoms with Gasteiger partial charge in [-0.05, 0) is 37.5 Å². The summed E-state index contributed by atoms with van der Waals surface area (Å²) in [5.41, 5.74) is 1.18. The number of nitrogens with one attached hydrogen (secondary N) is 2. The highest BCUT2D eigenvalue weighted by Crippen LogP contribution is 2.31. The average Bonchev–Trinajstić information content (AvgIpc) is 3.37. The number of imidazole rings is 1. The molecule has 1 atom stereocenters. The first-order valence-electron chi connectivity index (χ1n) is 9.63. The lowest BCUT2D eigenvalue weighted by Crippen LogP contribution is -2.44. The Bertz CT molecular complexity index is 779. The molecule has 0 amide bonds. The molecule has 1 unspecified atom stereocenters. The minimum absolute atomic E-state index is 0. The van der Waals surface area contributed by atoms with Crippen LogP contribution in [-0.4, -0.2) is 53.5 Å².